The van der Waals surface area contributed by atoms with Crippen molar-refractivity contribution in [3.05, 3.63) is 29.8 Å². The van der Waals surface area contributed by atoms with Crippen LogP contribution in [0.4, 0.5) is 0 Å². The van der Waals surface area contributed by atoms with E-state index in [1.807, 2.05) is 18.2 Å². The summed E-state index contributed by atoms with van der Waals surface area (Å²) in [6.07, 6.45) is 0. The number of rotatable bonds is 4. The minimum Gasteiger partial charge on any atom is -0.508 e. The van der Waals surface area contributed by atoms with Gasteiger partial charge in [0, 0.05) is 12.1 Å². The maximum Gasteiger partial charge on any atom is 0.120 e. The summed E-state index contributed by atoms with van der Waals surface area (Å²) in [5.74, 6) is 1.11. The van der Waals surface area contributed by atoms with Crippen molar-refractivity contribution in [2.45, 2.75) is 34.2 Å². The fourth-order valence-electron chi connectivity index (χ4n) is 2.85. The molecule has 0 amide bonds. The van der Waals surface area contributed by atoms with E-state index in [0.29, 0.717) is 16.6 Å². The van der Waals surface area contributed by atoms with Crippen molar-refractivity contribution in [1.82, 2.24) is 5.32 Å². The minimum absolute atomic E-state index is 0.384. The number of nitrogens with one attached hydrogen (secondary N) is 1. The lowest BCUT2D eigenvalue weighted by Gasteiger charge is -2.07. The lowest BCUT2D eigenvalue weighted by Crippen LogP contribution is -2.18. The predicted molar refractivity (Wildman–Crippen MR) is 70.9 cm³/mol. The third-order valence-electron chi connectivity index (χ3n) is 4.98. The molecule has 0 spiro atoms. The molecule has 2 rings (SSSR count). The summed E-state index contributed by atoms with van der Waals surface area (Å²) in [6.45, 7) is 11.1. The largest absolute Gasteiger partial charge is 0.508 e. The van der Waals surface area contributed by atoms with E-state index in [1.165, 1.54) is 0 Å². The van der Waals surface area contributed by atoms with Crippen molar-refractivity contribution in [3.8, 4) is 5.75 Å². The van der Waals surface area contributed by atoms with Crippen LogP contribution in [0.3, 0.4) is 0 Å². The molecule has 94 valence electrons. The summed E-state index contributed by atoms with van der Waals surface area (Å²) in [5.41, 5.74) is 1.83. The maximum atomic E-state index is 9.66. The summed E-state index contributed by atoms with van der Waals surface area (Å²) in [7, 11) is 0. The topological polar surface area (TPSA) is 32.3 Å². The normalized spacial score (nSPS) is 21.4. The summed E-state index contributed by atoms with van der Waals surface area (Å²) < 4.78 is 0. The molecule has 0 aromatic heterocycles. The van der Waals surface area contributed by atoms with Crippen LogP contribution in [0.5, 0.6) is 5.75 Å². The molecule has 2 nitrogen and oxygen atoms in total. The van der Waals surface area contributed by atoms with Gasteiger partial charge < -0.3 is 10.4 Å². The third kappa shape index (κ3) is 2.06. The van der Waals surface area contributed by atoms with Crippen molar-refractivity contribution >= 4 is 0 Å². The van der Waals surface area contributed by atoms with E-state index in [-0.39, 0.29) is 0 Å². The molecule has 1 aromatic carbocycles. The van der Waals surface area contributed by atoms with Crippen LogP contribution < -0.4 is 5.32 Å². The van der Waals surface area contributed by atoms with Gasteiger partial charge in [-0.1, -0.05) is 45.9 Å². The van der Waals surface area contributed by atoms with Gasteiger partial charge in [-0.15, -0.1) is 0 Å². The second kappa shape index (κ2) is 4.02. The first kappa shape index (κ1) is 12.4. The maximum absolute atomic E-state index is 9.66. The monoisotopic (exact) mass is 233 g/mol. The second-order valence-electron chi connectivity index (χ2n) is 6.26. The highest BCUT2D eigenvalue weighted by atomic mass is 16.3. The van der Waals surface area contributed by atoms with E-state index in [2.05, 4.69) is 33.0 Å². The Bertz CT molecular complexity index is 395. The lowest BCUT2D eigenvalue weighted by molar-refractivity contribution is 0.457. The molecule has 2 heteroatoms. The van der Waals surface area contributed by atoms with E-state index in [4.69, 9.17) is 0 Å². The highest BCUT2D eigenvalue weighted by molar-refractivity contribution is 5.31. The van der Waals surface area contributed by atoms with Crippen LogP contribution in [0.25, 0.3) is 0 Å². The van der Waals surface area contributed by atoms with Gasteiger partial charge in [-0.05, 0) is 29.4 Å². The summed E-state index contributed by atoms with van der Waals surface area (Å²) >= 11 is 0. The molecular weight excluding hydrogens is 210 g/mol. The van der Waals surface area contributed by atoms with Crippen LogP contribution in [0.15, 0.2) is 24.3 Å². The molecule has 0 radical (unpaired) electrons. The molecule has 1 fully saturated rings. The Morgan fingerprint density at radius 2 is 1.71 bits per heavy atom. The van der Waals surface area contributed by atoms with Gasteiger partial charge in [-0.25, -0.2) is 0 Å². The Morgan fingerprint density at radius 1 is 1.12 bits per heavy atom. The van der Waals surface area contributed by atoms with E-state index < -0.39 is 0 Å². The lowest BCUT2D eigenvalue weighted by atomic mass is 10.0. The van der Waals surface area contributed by atoms with Gasteiger partial charge in [-0.3, -0.25) is 0 Å². The molecule has 0 heterocycles. The first-order valence-electron chi connectivity index (χ1n) is 6.35. The van der Waals surface area contributed by atoms with E-state index in [1.54, 1.807) is 6.07 Å². The molecule has 0 atom stereocenters. The Morgan fingerprint density at radius 3 is 2.24 bits per heavy atom. The number of phenols is 1. The summed E-state index contributed by atoms with van der Waals surface area (Å²) in [4.78, 5) is 0. The number of para-hydroxylation sites is 1. The highest BCUT2D eigenvalue weighted by Crippen LogP contribution is 2.67. The molecule has 2 N–H and O–H groups in total. The molecule has 0 unspecified atom stereocenters. The first-order valence-corrected chi connectivity index (χ1v) is 6.35. The SMILES string of the molecule is CC1(C)C(CNCc2ccccc2O)C1(C)C. The highest BCUT2D eigenvalue weighted by Gasteiger charge is 2.63. The van der Waals surface area contributed by atoms with Gasteiger partial charge in [0.1, 0.15) is 5.75 Å². The summed E-state index contributed by atoms with van der Waals surface area (Å²) in [5, 5.41) is 13.1. The van der Waals surface area contributed by atoms with Crippen LogP contribution in [0.1, 0.15) is 33.3 Å². The smallest absolute Gasteiger partial charge is 0.120 e. The number of hydrogen-bond donors (Lipinski definition) is 2. The van der Waals surface area contributed by atoms with Crippen LogP contribution in [0, 0.1) is 16.7 Å². The van der Waals surface area contributed by atoms with Crippen LogP contribution in [0.2, 0.25) is 0 Å². The van der Waals surface area contributed by atoms with Crippen molar-refractivity contribution in [2.24, 2.45) is 16.7 Å². The van der Waals surface area contributed by atoms with Crippen LogP contribution in [-0.2, 0) is 6.54 Å². The molecule has 17 heavy (non-hydrogen) atoms. The van der Waals surface area contributed by atoms with Crippen molar-refractivity contribution in [3.63, 3.8) is 0 Å². The van der Waals surface area contributed by atoms with E-state index in [0.717, 1.165) is 24.6 Å². The zero-order chi connectivity index (χ0) is 12.7. The fourth-order valence-corrected chi connectivity index (χ4v) is 2.85. The average Bonchev–Trinajstić information content (AvgIpc) is 2.63. The van der Waals surface area contributed by atoms with Gasteiger partial charge in [0.05, 0.1) is 0 Å². The van der Waals surface area contributed by atoms with Gasteiger partial charge in [0.15, 0.2) is 0 Å². The Balaban J connectivity index is 1.84. The summed E-state index contributed by atoms with van der Waals surface area (Å²) in [6, 6.07) is 7.52. The van der Waals surface area contributed by atoms with Gasteiger partial charge in [0.2, 0.25) is 0 Å². The van der Waals surface area contributed by atoms with Crippen molar-refractivity contribution in [1.29, 1.82) is 0 Å². The Hall–Kier alpha value is -1.02. The molecule has 1 aromatic rings. The van der Waals surface area contributed by atoms with Gasteiger partial charge in [0.25, 0.3) is 0 Å². The van der Waals surface area contributed by atoms with Crippen molar-refractivity contribution in [2.75, 3.05) is 6.54 Å². The Kier molecular flexibility index (Phi) is 2.94. The average molecular weight is 233 g/mol. The molecule has 0 aliphatic heterocycles. The molecule has 1 saturated carbocycles. The third-order valence-corrected chi connectivity index (χ3v) is 4.98. The van der Waals surface area contributed by atoms with Crippen molar-refractivity contribution < 1.29 is 5.11 Å². The molecule has 1 aliphatic rings. The number of benzene rings is 1. The minimum atomic E-state index is 0.384. The number of hydrogen-bond acceptors (Lipinski definition) is 2. The van der Waals surface area contributed by atoms with Crippen LogP contribution >= 0.6 is 0 Å². The molecule has 1 aliphatic carbocycles. The zero-order valence-corrected chi connectivity index (χ0v) is 11.2. The number of phenolic OH excluding ortho intramolecular Hbond substituents is 1. The quantitative estimate of drug-likeness (QED) is 0.837. The standard InChI is InChI=1S/C15H23NO/c1-14(2)13(15(14,3)4)10-16-9-11-7-5-6-8-12(11)17/h5-8,13,16-17H,9-10H2,1-4H3. The van der Waals surface area contributed by atoms with E-state index in [9.17, 15) is 5.11 Å². The fraction of sp³-hybridized carbons (Fsp3) is 0.600. The molecule has 0 bridgehead atoms. The number of aromatic hydroxyl groups is 1. The van der Waals surface area contributed by atoms with Gasteiger partial charge >= 0.3 is 0 Å². The molecule has 0 saturated heterocycles. The second-order valence-corrected chi connectivity index (χ2v) is 6.26. The predicted octanol–water partition coefficient (Wildman–Crippen LogP) is 3.16. The Labute approximate surface area is 104 Å². The van der Waals surface area contributed by atoms with Gasteiger partial charge in [-0.2, -0.15) is 0 Å². The van der Waals surface area contributed by atoms with E-state index >= 15 is 0 Å². The zero-order valence-electron chi connectivity index (χ0n) is 11.2. The first-order chi connectivity index (χ1) is 7.87. The van der Waals surface area contributed by atoms with Crippen LogP contribution in [-0.4, -0.2) is 11.7 Å². The molecular formula is C15H23NO.